The average Bonchev–Trinajstić information content (AvgIpc) is 2.41. The summed E-state index contributed by atoms with van der Waals surface area (Å²) in [5.41, 5.74) is 1.35. The SMILES string of the molecule is CCC/C(=C\C(=O)O)c1cc(OCC)c(OCC)cc1Cl. The maximum atomic E-state index is 11.0. The summed E-state index contributed by atoms with van der Waals surface area (Å²) >= 11 is 6.28. The molecule has 0 radical (unpaired) electrons. The van der Waals surface area contributed by atoms with E-state index in [1.807, 2.05) is 20.8 Å². The van der Waals surface area contributed by atoms with E-state index in [0.717, 1.165) is 6.42 Å². The number of carboxylic acid groups (broad SMARTS) is 1. The van der Waals surface area contributed by atoms with Gasteiger partial charge in [0.2, 0.25) is 0 Å². The van der Waals surface area contributed by atoms with Crippen LogP contribution in [0.1, 0.15) is 39.2 Å². The summed E-state index contributed by atoms with van der Waals surface area (Å²) < 4.78 is 11.1. The zero-order chi connectivity index (χ0) is 15.8. The topological polar surface area (TPSA) is 55.8 Å². The second-order valence-corrected chi connectivity index (χ2v) is 4.81. The number of rotatable bonds is 8. The molecule has 1 aromatic rings. The van der Waals surface area contributed by atoms with Gasteiger partial charge in [-0.2, -0.15) is 0 Å². The molecule has 0 aromatic heterocycles. The van der Waals surface area contributed by atoms with Crippen LogP contribution in [0.15, 0.2) is 18.2 Å². The minimum Gasteiger partial charge on any atom is -0.490 e. The molecule has 116 valence electrons. The van der Waals surface area contributed by atoms with Crippen molar-refractivity contribution in [3.63, 3.8) is 0 Å². The fourth-order valence-electron chi connectivity index (χ4n) is 2.02. The second-order valence-electron chi connectivity index (χ2n) is 4.40. The van der Waals surface area contributed by atoms with Gasteiger partial charge in [-0.15, -0.1) is 0 Å². The van der Waals surface area contributed by atoms with Crippen LogP contribution in [0, 0.1) is 0 Å². The highest BCUT2D eigenvalue weighted by Gasteiger charge is 2.14. The molecule has 0 saturated heterocycles. The molecule has 0 saturated carbocycles. The van der Waals surface area contributed by atoms with Crippen molar-refractivity contribution in [3.8, 4) is 11.5 Å². The van der Waals surface area contributed by atoms with Crippen LogP contribution in [-0.2, 0) is 4.79 Å². The summed E-state index contributed by atoms with van der Waals surface area (Å²) in [6.07, 6.45) is 2.65. The molecule has 0 amide bonds. The first kappa shape index (κ1) is 17.4. The smallest absolute Gasteiger partial charge is 0.328 e. The quantitative estimate of drug-likeness (QED) is 0.723. The number of halogens is 1. The Labute approximate surface area is 130 Å². The maximum absolute atomic E-state index is 11.0. The molecule has 1 rings (SSSR count). The van der Waals surface area contributed by atoms with Gasteiger partial charge >= 0.3 is 5.97 Å². The van der Waals surface area contributed by atoms with Crippen molar-refractivity contribution in [2.45, 2.75) is 33.6 Å². The van der Waals surface area contributed by atoms with Crippen molar-refractivity contribution in [1.82, 2.24) is 0 Å². The zero-order valence-electron chi connectivity index (χ0n) is 12.6. The van der Waals surface area contributed by atoms with E-state index < -0.39 is 5.97 Å². The molecule has 1 aromatic carbocycles. The first-order chi connectivity index (χ1) is 10.0. The van der Waals surface area contributed by atoms with E-state index in [4.69, 9.17) is 26.2 Å². The average molecular weight is 313 g/mol. The van der Waals surface area contributed by atoms with E-state index in [1.54, 1.807) is 12.1 Å². The molecule has 1 N–H and O–H groups in total. The number of aliphatic carboxylic acids is 1. The highest BCUT2D eigenvalue weighted by molar-refractivity contribution is 6.32. The Kier molecular flexibility index (Phi) is 7.09. The van der Waals surface area contributed by atoms with Crippen molar-refractivity contribution in [3.05, 3.63) is 28.8 Å². The summed E-state index contributed by atoms with van der Waals surface area (Å²) in [6, 6.07) is 3.43. The van der Waals surface area contributed by atoms with Gasteiger partial charge < -0.3 is 14.6 Å². The van der Waals surface area contributed by atoms with Gasteiger partial charge in [-0.25, -0.2) is 4.79 Å². The van der Waals surface area contributed by atoms with Crippen LogP contribution < -0.4 is 9.47 Å². The Morgan fingerprint density at radius 2 is 1.76 bits per heavy atom. The van der Waals surface area contributed by atoms with Gasteiger partial charge in [0.1, 0.15) is 0 Å². The standard InChI is InChI=1S/C16H21ClO4/c1-4-7-11(8-16(18)19)12-9-14(20-5-2)15(21-6-3)10-13(12)17/h8-10H,4-7H2,1-3H3,(H,18,19)/b11-8+. The molecule has 0 heterocycles. The summed E-state index contributed by atoms with van der Waals surface area (Å²) in [5.74, 6) is 0.159. The van der Waals surface area contributed by atoms with Crippen molar-refractivity contribution in [2.24, 2.45) is 0 Å². The molecule has 0 spiro atoms. The first-order valence-corrected chi connectivity index (χ1v) is 7.44. The van der Waals surface area contributed by atoms with Crippen LogP contribution in [0.25, 0.3) is 5.57 Å². The minimum atomic E-state index is -0.985. The van der Waals surface area contributed by atoms with Crippen LogP contribution in [0.4, 0.5) is 0 Å². The lowest BCUT2D eigenvalue weighted by molar-refractivity contribution is -0.131. The molecule has 0 bridgehead atoms. The molecule has 0 aliphatic heterocycles. The molecular weight excluding hydrogens is 292 g/mol. The lowest BCUT2D eigenvalue weighted by atomic mass is 10.0. The number of carbonyl (C=O) groups is 1. The lowest BCUT2D eigenvalue weighted by Crippen LogP contribution is -2.01. The summed E-state index contributed by atoms with van der Waals surface area (Å²) in [4.78, 5) is 11.0. The molecule has 0 atom stereocenters. The third-order valence-corrected chi connectivity index (χ3v) is 3.11. The fraction of sp³-hybridized carbons (Fsp3) is 0.438. The number of ether oxygens (including phenoxy) is 2. The molecule has 0 fully saturated rings. The van der Waals surface area contributed by atoms with Crippen molar-refractivity contribution >= 4 is 23.1 Å². The second kappa shape index (κ2) is 8.57. The predicted molar refractivity (Wildman–Crippen MR) is 84.3 cm³/mol. The van der Waals surface area contributed by atoms with Gasteiger partial charge in [-0.05, 0) is 31.9 Å². The molecule has 0 aliphatic carbocycles. The van der Waals surface area contributed by atoms with Crippen molar-refractivity contribution < 1.29 is 19.4 Å². The van der Waals surface area contributed by atoms with Crippen molar-refractivity contribution in [1.29, 1.82) is 0 Å². The van der Waals surface area contributed by atoms with Gasteiger partial charge in [-0.3, -0.25) is 0 Å². The van der Waals surface area contributed by atoms with Crippen LogP contribution in [0.3, 0.4) is 0 Å². The van der Waals surface area contributed by atoms with E-state index in [9.17, 15) is 4.79 Å². The van der Waals surface area contributed by atoms with E-state index in [-0.39, 0.29) is 0 Å². The van der Waals surface area contributed by atoms with Crippen LogP contribution in [0.5, 0.6) is 11.5 Å². The fourth-order valence-corrected chi connectivity index (χ4v) is 2.30. The Bertz CT molecular complexity index is 523. The van der Waals surface area contributed by atoms with Crippen LogP contribution in [0.2, 0.25) is 5.02 Å². The zero-order valence-corrected chi connectivity index (χ0v) is 13.4. The molecule has 21 heavy (non-hydrogen) atoms. The van der Waals surface area contributed by atoms with Crippen LogP contribution in [-0.4, -0.2) is 24.3 Å². The van der Waals surface area contributed by atoms with Gasteiger partial charge in [0, 0.05) is 17.7 Å². The highest BCUT2D eigenvalue weighted by atomic mass is 35.5. The Morgan fingerprint density at radius 3 is 2.24 bits per heavy atom. The summed E-state index contributed by atoms with van der Waals surface area (Å²) in [6.45, 7) is 6.74. The van der Waals surface area contributed by atoms with E-state index in [1.165, 1.54) is 6.08 Å². The summed E-state index contributed by atoms with van der Waals surface area (Å²) in [5, 5.41) is 9.46. The third kappa shape index (κ3) is 4.97. The van der Waals surface area contributed by atoms with E-state index in [0.29, 0.717) is 47.3 Å². The Morgan fingerprint density at radius 1 is 1.19 bits per heavy atom. The largest absolute Gasteiger partial charge is 0.490 e. The lowest BCUT2D eigenvalue weighted by Gasteiger charge is -2.15. The molecule has 0 unspecified atom stereocenters. The maximum Gasteiger partial charge on any atom is 0.328 e. The number of allylic oxidation sites excluding steroid dienone is 1. The molecular formula is C16H21ClO4. The molecule has 5 heteroatoms. The van der Waals surface area contributed by atoms with Gasteiger partial charge in [-0.1, -0.05) is 24.9 Å². The van der Waals surface area contributed by atoms with Gasteiger partial charge in [0.25, 0.3) is 0 Å². The van der Waals surface area contributed by atoms with E-state index in [2.05, 4.69) is 0 Å². The number of benzene rings is 1. The number of hydrogen-bond donors (Lipinski definition) is 1. The van der Waals surface area contributed by atoms with Gasteiger partial charge in [0.15, 0.2) is 11.5 Å². The van der Waals surface area contributed by atoms with Gasteiger partial charge in [0.05, 0.1) is 18.2 Å². The monoisotopic (exact) mass is 312 g/mol. The van der Waals surface area contributed by atoms with Crippen LogP contribution >= 0.6 is 11.6 Å². The summed E-state index contributed by atoms with van der Waals surface area (Å²) in [7, 11) is 0. The third-order valence-electron chi connectivity index (χ3n) is 2.80. The first-order valence-electron chi connectivity index (χ1n) is 7.06. The predicted octanol–water partition coefficient (Wildman–Crippen LogP) is 4.41. The molecule has 4 nitrogen and oxygen atoms in total. The van der Waals surface area contributed by atoms with Crippen molar-refractivity contribution in [2.75, 3.05) is 13.2 Å². The highest BCUT2D eigenvalue weighted by Crippen LogP contribution is 2.37. The molecule has 0 aliphatic rings. The number of carboxylic acids is 1. The Hall–Kier alpha value is -1.68. The Balaban J connectivity index is 3.33. The normalized spacial score (nSPS) is 11.3. The number of hydrogen-bond acceptors (Lipinski definition) is 3. The van der Waals surface area contributed by atoms with E-state index >= 15 is 0 Å². The minimum absolute atomic E-state index is 0.461.